The molecule has 1 aromatic rings. The van der Waals surface area contributed by atoms with Crippen LogP contribution in [0.3, 0.4) is 0 Å². The molecule has 4 nitrogen and oxygen atoms in total. The molecule has 0 radical (unpaired) electrons. The lowest BCUT2D eigenvalue weighted by Gasteiger charge is -2.00. The third-order valence-corrected chi connectivity index (χ3v) is 2.69. The Balaban J connectivity index is 2.20. The fourth-order valence-electron chi connectivity index (χ4n) is 1.93. The monoisotopic (exact) mass is 216 g/mol. The van der Waals surface area contributed by atoms with Gasteiger partial charge >= 0.3 is 11.9 Å². The summed E-state index contributed by atoms with van der Waals surface area (Å²) in [7, 11) is 0. The second-order valence-corrected chi connectivity index (χ2v) is 3.63. The van der Waals surface area contributed by atoms with Gasteiger partial charge in [-0.1, -0.05) is 18.2 Å². The van der Waals surface area contributed by atoms with Crippen molar-refractivity contribution in [3.8, 4) is 0 Å². The molecular formula is C12H8O4. The minimum atomic E-state index is -0.405. The predicted octanol–water partition coefficient (Wildman–Crippen LogP) is 1.52. The SMILES string of the molecule is O=C1OCC/C1=C1\OC(=O)c2ccccc21. The van der Waals surface area contributed by atoms with Crippen molar-refractivity contribution in [3.63, 3.8) is 0 Å². The number of ether oxygens (including phenoxy) is 2. The van der Waals surface area contributed by atoms with Gasteiger partial charge in [-0.05, 0) is 6.07 Å². The van der Waals surface area contributed by atoms with Gasteiger partial charge in [-0.15, -0.1) is 0 Å². The summed E-state index contributed by atoms with van der Waals surface area (Å²) in [5, 5.41) is 0. The van der Waals surface area contributed by atoms with Crippen molar-refractivity contribution in [2.75, 3.05) is 6.61 Å². The zero-order valence-corrected chi connectivity index (χ0v) is 8.36. The van der Waals surface area contributed by atoms with Crippen LogP contribution in [-0.2, 0) is 14.3 Å². The Morgan fingerprint density at radius 2 is 1.75 bits per heavy atom. The Labute approximate surface area is 91.5 Å². The Bertz CT molecular complexity index is 528. The van der Waals surface area contributed by atoms with Crippen molar-refractivity contribution >= 4 is 17.7 Å². The highest BCUT2D eigenvalue weighted by Gasteiger charge is 2.33. The third-order valence-electron chi connectivity index (χ3n) is 2.69. The number of carbonyl (C=O) groups excluding carboxylic acids is 2. The number of benzene rings is 1. The number of esters is 2. The zero-order valence-electron chi connectivity index (χ0n) is 8.36. The van der Waals surface area contributed by atoms with Crippen LogP contribution in [0.5, 0.6) is 0 Å². The Morgan fingerprint density at radius 3 is 2.44 bits per heavy atom. The van der Waals surface area contributed by atoms with E-state index in [0.717, 1.165) is 0 Å². The summed E-state index contributed by atoms with van der Waals surface area (Å²) in [4.78, 5) is 22.9. The average Bonchev–Trinajstić information content (AvgIpc) is 2.84. The van der Waals surface area contributed by atoms with E-state index in [9.17, 15) is 9.59 Å². The van der Waals surface area contributed by atoms with Gasteiger partial charge in [-0.25, -0.2) is 9.59 Å². The first-order valence-electron chi connectivity index (χ1n) is 4.99. The molecule has 2 aliphatic heterocycles. The number of cyclic esters (lactones) is 2. The van der Waals surface area contributed by atoms with Gasteiger partial charge in [0.25, 0.3) is 0 Å². The smallest absolute Gasteiger partial charge is 0.344 e. The minimum Gasteiger partial charge on any atom is -0.462 e. The van der Waals surface area contributed by atoms with Gasteiger partial charge < -0.3 is 9.47 Å². The van der Waals surface area contributed by atoms with Gasteiger partial charge in [0.2, 0.25) is 0 Å². The molecule has 0 spiro atoms. The van der Waals surface area contributed by atoms with Crippen molar-refractivity contribution in [2.24, 2.45) is 0 Å². The van der Waals surface area contributed by atoms with Crippen molar-refractivity contribution in [3.05, 3.63) is 41.0 Å². The van der Waals surface area contributed by atoms with Crippen LogP contribution in [0.1, 0.15) is 22.3 Å². The fourth-order valence-corrected chi connectivity index (χ4v) is 1.93. The second-order valence-electron chi connectivity index (χ2n) is 3.63. The molecule has 0 unspecified atom stereocenters. The summed E-state index contributed by atoms with van der Waals surface area (Å²) >= 11 is 0. The first kappa shape index (κ1) is 9.15. The molecular weight excluding hydrogens is 208 g/mol. The molecule has 1 saturated heterocycles. The van der Waals surface area contributed by atoms with Crippen LogP contribution in [-0.4, -0.2) is 18.5 Å². The van der Waals surface area contributed by atoms with Gasteiger partial charge in [0.15, 0.2) is 0 Å². The highest BCUT2D eigenvalue weighted by atomic mass is 16.6. The van der Waals surface area contributed by atoms with Crippen LogP contribution in [0.2, 0.25) is 0 Å². The number of hydrogen-bond acceptors (Lipinski definition) is 4. The van der Waals surface area contributed by atoms with E-state index in [4.69, 9.17) is 9.47 Å². The summed E-state index contributed by atoms with van der Waals surface area (Å²) in [6.45, 7) is 0.359. The molecule has 4 heteroatoms. The van der Waals surface area contributed by atoms with Crippen molar-refractivity contribution in [1.82, 2.24) is 0 Å². The van der Waals surface area contributed by atoms with Crippen LogP contribution in [0.25, 0.3) is 5.76 Å². The van der Waals surface area contributed by atoms with Crippen LogP contribution >= 0.6 is 0 Å². The van der Waals surface area contributed by atoms with Crippen LogP contribution in [0.4, 0.5) is 0 Å². The lowest BCUT2D eigenvalue weighted by atomic mass is 10.0. The Hall–Kier alpha value is -2.10. The molecule has 16 heavy (non-hydrogen) atoms. The zero-order chi connectivity index (χ0) is 11.1. The van der Waals surface area contributed by atoms with Crippen LogP contribution in [0.15, 0.2) is 29.8 Å². The lowest BCUT2D eigenvalue weighted by Crippen LogP contribution is -1.99. The van der Waals surface area contributed by atoms with Gasteiger partial charge in [-0.3, -0.25) is 0 Å². The minimum absolute atomic E-state index is 0.359. The molecule has 0 aliphatic carbocycles. The quantitative estimate of drug-likeness (QED) is 0.487. The summed E-state index contributed by atoms with van der Waals surface area (Å²) in [5.74, 6) is -0.430. The number of hydrogen-bond donors (Lipinski definition) is 0. The van der Waals surface area contributed by atoms with E-state index >= 15 is 0 Å². The highest BCUT2D eigenvalue weighted by Crippen LogP contribution is 2.34. The molecule has 0 atom stereocenters. The molecule has 0 saturated carbocycles. The first-order valence-corrected chi connectivity index (χ1v) is 4.99. The molecule has 2 heterocycles. The van der Waals surface area contributed by atoms with E-state index in [-0.39, 0.29) is 5.97 Å². The predicted molar refractivity (Wildman–Crippen MR) is 54.4 cm³/mol. The molecule has 1 fully saturated rings. The van der Waals surface area contributed by atoms with Gasteiger partial charge in [-0.2, -0.15) is 0 Å². The van der Waals surface area contributed by atoms with E-state index in [1.54, 1.807) is 18.2 Å². The highest BCUT2D eigenvalue weighted by molar-refractivity contribution is 6.08. The largest absolute Gasteiger partial charge is 0.462 e. The molecule has 80 valence electrons. The van der Waals surface area contributed by atoms with E-state index < -0.39 is 5.97 Å². The van der Waals surface area contributed by atoms with E-state index in [1.807, 2.05) is 6.07 Å². The first-order chi connectivity index (χ1) is 7.77. The van der Waals surface area contributed by atoms with Crippen molar-refractivity contribution in [1.29, 1.82) is 0 Å². The van der Waals surface area contributed by atoms with Gasteiger partial charge in [0.05, 0.1) is 17.7 Å². The standard InChI is InChI=1S/C12H8O4/c13-11-9(5-6-15-11)10-7-3-1-2-4-8(7)12(14)16-10/h1-4H,5-6H2/b10-9+. The molecule has 0 amide bonds. The summed E-state index contributed by atoms with van der Waals surface area (Å²) in [6.07, 6.45) is 0.496. The topological polar surface area (TPSA) is 52.6 Å². The van der Waals surface area contributed by atoms with Gasteiger partial charge in [0.1, 0.15) is 5.76 Å². The number of rotatable bonds is 0. The molecule has 2 aliphatic rings. The maximum atomic E-state index is 11.5. The molecule has 0 aromatic heterocycles. The Morgan fingerprint density at radius 1 is 1.00 bits per heavy atom. The lowest BCUT2D eigenvalue weighted by molar-refractivity contribution is -0.135. The third kappa shape index (κ3) is 1.16. The molecule has 0 bridgehead atoms. The summed E-state index contributed by atoms with van der Waals surface area (Å²) in [5.41, 5.74) is 1.64. The van der Waals surface area contributed by atoms with E-state index in [1.165, 1.54) is 0 Å². The maximum Gasteiger partial charge on any atom is 0.344 e. The normalized spacial score (nSPS) is 23.0. The average molecular weight is 216 g/mol. The molecule has 0 N–H and O–H groups in total. The molecule has 3 rings (SSSR count). The maximum absolute atomic E-state index is 11.5. The summed E-state index contributed by atoms with van der Waals surface area (Å²) in [6, 6.07) is 7.03. The Kier molecular flexibility index (Phi) is 1.83. The number of carbonyl (C=O) groups is 2. The van der Waals surface area contributed by atoms with Crippen LogP contribution < -0.4 is 0 Å². The van der Waals surface area contributed by atoms with Crippen LogP contribution in [0, 0.1) is 0 Å². The summed E-state index contributed by atoms with van der Waals surface area (Å²) < 4.78 is 9.97. The van der Waals surface area contributed by atoms with Crippen molar-refractivity contribution < 1.29 is 19.1 Å². The second kappa shape index (κ2) is 3.20. The van der Waals surface area contributed by atoms with Gasteiger partial charge in [0, 0.05) is 12.0 Å². The van der Waals surface area contributed by atoms with E-state index in [0.29, 0.717) is 35.5 Å². The number of fused-ring (bicyclic) bond motifs is 1. The fraction of sp³-hybridized carbons (Fsp3) is 0.167. The van der Waals surface area contributed by atoms with Crippen molar-refractivity contribution in [2.45, 2.75) is 6.42 Å². The van der Waals surface area contributed by atoms with E-state index in [2.05, 4.69) is 0 Å². The molecule has 1 aromatic carbocycles.